The van der Waals surface area contributed by atoms with Crippen molar-refractivity contribution < 1.29 is 26.3 Å². The van der Waals surface area contributed by atoms with E-state index in [0.29, 0.717) is 5.56 Å². The third-order valence-electron chi connectivity index (χ3n) is 3.61. The summed E-state index contributed by atoms with van der Waals surface area (Å²) < 4.78 is 70.3. The van der Waals surface area contributed by atoms with Crippen LogP contribution in [0.5, 0.6) is 0 Å². The summed E-state index contributed by atoms with van der Waals surface area (Å²) in [5, 5.41) is 0. The number of ether oxygens (including phenoxy) is 1. The second-order valence-electron chi connectivity index (χ2n) is 5.54. The monoisotopic (exact) mass is 352 g/mol. The molecule has 9 heteroatoms. The van der Waals surface area contributed by atoms with Crippen LogP contribution >= 0.6 is 0 Å². The van der Waals surface area contributed by atoms with Crippen molar-refractivity contribution in [2.45, 2.75) is 18.7 Å². The molecule has 0 spiro atoms. The molecular weight excluding hydrogens is 333 g/mol. The number of morpholine rings is 1. The molecular formula is C14H19F3N2O3S. The van der Waals surface area contributed by atoms with Crippen molar-refractivity contribution in [2.24, 2.45) is 0 Å². The summed E-state index contributed by atoms with van der Waals surface area (Å²) in [6.45, 7) is 0.576. The van der Waals surface area contributed by atoms with Gasteiger partial charge in [0.05, 0.1) is 18.3 Å². The van der Waals surface area contributed by atoms with E-state index in [9.17, 15) is 21.6 Å². The number of hydrogen-bond acceptors (Lipinski definition) is 3. The van der Waals surface area contributed by atoms with Crippen LogP contribution in [0.15, 0.2) is 24.3 Å². The molecule has 0 aromatic heterocycles. The molecule has 1 aliphatic rings. The first kappa shape index (κ1) is 18.2. The summed E-state index contributed by atoms with van der Waals surface area (Å²) in [4.78, 5) is 0. The van der Waals surface area contributed by atoms with E-state index >= 15 is 0 Å². The number of rotatable bonds is 4. The van der Waals surface area contributed by atoms with E-state index in [1.54, 1.807) is 6.07 Å². The lowest BCUT2D eigenvalue weighted by atomic mass is 10.0. The van der Waals surface area contributed by atoms with Crippen LogP contribution in [-0.2, 0) is 27.5 Å². The van der Waals surface area contributed by atoms with Crippen molar-refractivity contribution in [2.75, 3.05) is 33.8 Å². The molecule has 0 unspecified atom stereocenters. The van der Waals surface area contributed by atoms with E-state index in [2.05, 4.69) is 0 Å². The van der Waals surface area contributed by atoms with Crippen LogP contribution in [0.2, 0.25) is 0 Å². The van der Waals surface area contributed by atoms with Crippen molar-refractivity contribution in [3.8, 4) is 0 Å². The van der Waals surface area contributed by atoms with Crippen LogP contribution in [-0.4, -0.2) is 56.9 Å². The molecule has 2 rings (SSSR count). The van der Waals surface area contributed by atoms with Gasteiger partial charge in [-0.1, -0.05) is 18.2 Å². The maximum atomic E-state index is 12.7. The number of halogens is 3. The molecule has 130 valence electrons. The topological polar surface area (TPSA) is 49.9 Å². The second-order valence-corrected chi connectivity index (χ2v) is 7.69. The normalized spacial score (nSPS) is 20.9. The molecule has 1 aromatic rings. The van der Waals surface area contributed by atoms with Gasteiger partial charge in [0.2, 0.25) is 0 Å². The summed E-state index contributed by atoms with van der Waals surface area (Å²) >= 11 is 0. The second kappa shape index (κ2) is 6.76. The van der Waals surface area contributed by atoms with Crippen molar-refractivity contribution in [3.63, 3.8) is 0 Å². The van der Waals surface area contributed by atoms with Gasteiger partial charge in [-0.05, 0) is 18.1 Å². The highest BCUT2D eigenvalue weighted by Gasteiger charge is 2.32. The number of benzene rings is 1. The van der Waals surface area contributed by atoms with Crippen LogP contribution in [0.25, 0.3) is 0 Å². The highest BCUT2D eigenvalue weighted by atomic mass is 32.2. The van der Waals surface area contributed by atoms with Crippen LogP contribution in [0.1, 0.15) is 11.1 Å². The summed E-state index contributed by atoms with van der Waals surface area (Å²) in [7, 11) is -0.676. The summed E-state index contributed by atoms with van der Waals surface area (Å²) in [6, 6.07) is 5.00. The Bertz CT molecular complexity index is 647. The predicted molar refractivity (Wildman–Crippen MR) is 79.1 cm³/mol. The van der Waals surface area contributed by atoms with Gasteiger partial charge in [-0.15, -0.1) is 0 Å². The third kappa shape index (κ3) is 4.43. The Morgan fingerprint density at radius 1 is 1.35 bits per heavy atom. The standard InChI is InChI=1S/C14H19F3N2O3S/c1-18(2)23(20,21)19-6-7-22-13(10-19)9-11-4-3-5-12(8-11)14(15,16)17/h3-5,8,13H,6-7,9-10H2,1-2H3/t13-/m1/s1. The molecule has 23 heavy (non-hydrogen) atoms. The fourth-order valence-corrected chi connectivity index (χ4v) is 3.52. The van der Waals surface area contributed by atoms with Gasteiger partial charge in [-0.25, -0.2) is 0 Å². The zero-order chi connectivity index (χ0) is 17.3. The molecule has 0 radical (unpaired) electrons. The first-order valence-corrected chi connectivity index (χ1v) is 8.46. The molecule has 1 fully saturated rings. The van der Waals surface area contributed by atoms with E-state index in [1.165, 1.54) is 24.5 Å². The van der Waals surface area contributed by atoms with Gasteiger partial charge in [0.15, 0.2) is 0 Å². The van der Waals surface area contributed by atoms with Gasteiger partial charge < -0.3 is 4.74 Å². The van der Waals surface area contributed by atoms with Crippen molar-refractivity contribution in [1.29, 1.82) is 0 Å². The Morgan fingerprint density at radius 3 is 2.65 bits per heavy atom. The summed E-state index contributed by atoms with van der Waals surface area (Å²) in [6.07, 6.45) is -4.64. The molecule has 0 bridgehead atoms. The first-order chi connectivity index (χ1) is 10.6. The van der Waals surface area contributed by atoms with Crippen LogP contribution in [0.3, 0.4) is 0 Å². The number of hydrogen-bond donors (Lipinski definition) is 0. The number of nitrogens with zero attached hydrogens (tertiary/aromatic N) is 2. The van der Waals surface area contributed by atoms with Crippen molar-refractivity contribution >= 4 is 10.2 Å². The van der Waals surface area contributed by atoms with E-state index in [0.717, 1.165) is 16.4 Å². The lowest BCUT2D eigenvalue weighted by Gasteiger charge is -2.33. The largest absolute Gasteiger partial charge is 0.416 e. The van der Waals surface area contributed by atoms with Crippen molar-refractivity contribution in [3.05, 3.63) is 35.4 Å². The molecule has 1 heterocycles. The molecule has 0 saturated carbocycles. The fourth-order valence-electron chi connectivity index (χ4n) is 2.39. The van der Waals surface area contributed by atoms with Crippen LogP contribution in [0, 0.1) is 0 Å². The van der Waals surface area contributed by atoms with Crippen LogP contribution in [0.4, 0.5) is 13.2 Å². The predicted octanol–water partition coefficient (Wildman–Crippen LogP) is 1.76. The molecule has 1 saturated heterocycles. The Balaban J connectivity index is 2.09. The molecule has 5 nitrogen and oxygen atoms in total. The molecule has 0 amide bonds. The van der Waals surface area contributed by atoms with Gasteiger partial charge >= 0.3 is 6.18 Å². The molecule has 0 N–H and O–H groups in total. The van der Waals surface area contributed by atoms with E-state index < -0.39 is 28.1 Å². The molecule has 1 aliphatic heterocycles. The Morgan fingerprint density at radius 2 is 2.04 bits per heavy atom. The Hall–Kier alpha value is -1.16. The van der Waals surface area contributed by atoms with E-state index in [-0.39, 0.29) is 26.1 Å². The average Bonchev–Trinajstić information content (AvgIpc) is 2.47. The zero-order valence-corrected chi connectivity index (χ0v) is 13.7. The SMILES string of the molecule is CN(C)S(=O)(=O)N1CCO[C@H](Cc2cccc(C(F)(F)F)c2)C1. The quantitative estimate of drug-likeness (QED) is 0.830. The third-order valence-corrected chi connectivity index (χ3v) is 5.51. The minimum absolute atomic E-state index is 0.122. The van der Waals surface area contributed by atoms with Gasteiger partial charge in [-0.3, -0.25) is 0 Å². The Labute approximate surface area is 133 Å². The van der Waals surface area contributed by atoms with Gasteiger partial charge in [0.25, 0.3) is 10.2 Å². The maximum absolute atomic E-state index is 12.7. The van der Waals surface area contributed by atoms with Gasteiger partial charge in [0.1, 0.15) is 0 Å². The van der Waals surface area contributed by atoms with E-state index in [1.807, 2.05) is 0 Å². The minimum Gasteiger partial charge on any atom is -0.375 e. The number of alkyl halides is 3. The van der Waals surface area contributed by atoms with E-state index in [4.69, 9.17) is 4.74 Å². The minimum atomic E-state index is -4.40. The summed E-state index contributed by atoms with van der Waals surface area (Å²) in [5.41, 5.74) is -0.252. The molecule has 1 atom stereocenters. The van der Waals surface area contributed by atoms with Crippen molar-refractivity contribution in [1.82, 2.24) is 8.61 Å². The maximum Gasteiger partial charge on any atom is 0.416 e. The highest BCUT2D eigenvalue weighted by Crippen LogP contribution is 2.30. The lowest BCUT2D eigenvalue weighted by Crippen LogP contribution is -2.50. The smallest absolute Gasteiger partial charge is 0.375 e. The zero-order valence-electron chi connectivity index (χ0n) is 12.9. The molecule has 1 aromatic carbocycles. The molecule has 0 aliphatic carbocycles. The van der Waals surface area contributed by atoms with Gasteiger partial charge in [-0.2, -0.15) is 30.2 Å². The lowest BCUT2D eigenvalue weighted by molar-refractivity contribution is -0.137. The van der Waals surface area contributed by atoms with Crippen LogP contribution < -0.4 is 0 Å². The highest BCUT2D eigenvalue weighted by molar-refractivity contribution is 7.86. The first-order valence-electron chi connectivity index (χ1n) is 7.06. The fraction of sp³-hybridized carbons (Fsp3) is 0.571. The van der Waals surface area contributed by atoms with Gasteiger partial charge in [0, 0.05) is 27.2 Å². The Kier molecular flexibility index (Phi) is 5.34. The average molecular weight is 352 g/mol. The summed E-state index contributed by atoms with van der Waals surface area (Å²) in [5.74, 6) is 0.